The van der Waals surface area contributed by atoms with Crippen molar-refractivity contribution in [3.05, 3.63) is 76.2 Å². The fourth-order valence-corrected chi connectivity index (χ4v) is 4.27. The Kier molecular flexibility index (Phi) is 6.73. The normalized spacial score (nSPS) is 10.9. The molecule has 0 unspecified atom stereocenters. The second kappa shape index (κ2) is 9.87. The van der Waals surface area contributed by atoms with E-state index in [1.807, 2.05) is 37.3 Å². The van der Waals surface area contributed by atoms with Crippen LogP contribution in [0.3, 0.4) is 0 Å². The van der Waals surface area contributed by atoms with Crippen LogP contribution in [0.4, 0.5) is 5.69 Å². The smallest absolute Gasteiger partial charge is 0.297 e. The average Bonchev–Trinajstić information content (AvgIpc) is 3.36. The van der Waals surface area contributed by atoms with E-state index in [2.05, 4.69) is 20.8 Å². The van der Waals surface area contributed by atoms with Crippen molar-refractivity contribution in [1.29, 1.82) is 0 Å². The lowest BCUT2D eigenvalue weighted by Crippen LogP contribution is -2.22. The number of ketones is 1. The third-order valence-electron chi connectivity index (χ3n) is 5.31. The van der Waals surface area contributed by atoms with E-state index in [-0.39, 0.29) is 23.7 Å². The summed E-state index contributed by atoms with van der Waals surface area (Å²) in [4.78, 5) is 36.9. The first kappa shape index (κ1) is 23.2. The number of anilines is 1. The molecule has 4 aromatic rings. The number of hydrogen-bond donors (Lipinski definition) is 1. The summed E-state index contributed by atoms with van der Waals surface area (Å²) >= 11 is 1.29. The van der Waals surface area contributed by atoms with Gasteiger partial charge >= 0.3 is 0 Å². The maximum atomic E-state index is 13.2. The Morgan fingerprint density at radius 1 is 1.06 bits per heavy atom. The molecule has 11 heteroatoms. The second-order valence-electron chi connectivity index (χ2n) is 7.56. The molecule has 0 aliphatic rings. The van der Waals surface area contributed by atoms with Crippen LogP contribution in [0.2, 0.25) is 0 Å². The highest BCUT2D eigenvalue weighted by molar-refractivity contribution is 7.99. The average molecular weight is 478 g/mol. The van der Waals surface area contributed by atoms with E-state index in [0.29, 0.717) is 33.5 Å². The van der Waals surface area contributed by atoms with E-state index < -0.39 is 0 Å². The molecule has 0 atom stereocenters. The van der Waals surface area contributed by atoms with Gasteiger partial charge < -0.3 is 5.32 Å². The molecule has 0 aliphatic carbocycles. The zero-order chi connectivity index (χ0) is 24.2. The lowest BCUT2D eigenvalue weighted by Gasteiger charge is -2.07. The summed E-state index contributed by atoms with van der Waals surface area (Å²) in [5.74, 6) is 0.205. The van der Waals surface area contributed by atoms with Crippen LogP contribution >= 0.6 is 11.8 Å². The standard InChI is InChI=1S/C23H23N7O3S/c1-15-21(22(33)30(28(15)3)19-7-5-4-6-8-19)29-23(25-26-27-29)34-14-13-20(32)24-18-11-9-17(10-12-18)16(2)31/h4-12H,13-14H2,1-3H3,(H,24,32). The first-order chi connectivity index (χ1) is 16.4. The predicted molar refractivity (Wildman–Crippen MR) is 129 cm³/mol. The Bertz CT molecular complexity index is 1390. The Hall–Kier alpha value is -3.99. The molecule has 0 saturated heterocycles. The summed E-state index contributed by atoms with van der Waals surface area (Å²) in [7, 11) is 1.80. The van der Waals surface area contributed by atoms with Crippen molar-refractivity contribution in [2.75, 3.05) is 11.1 Å². The Labute approximate surface area is 199 Å². The van der Waals surface area contributed by atoms with Gasteiger partial charge in [-0.2, -0.15) is 4.68 Å². The molecule has 1 N–H and O–H groups in total. The molecule has 4 rings (SSSR count). The van der Waals surface area contributed by atoms with Crippen molar-refractivity contribution in [3.8, 4) is 11.4 Å². The van der Waals surface area contributed by atoms with Crippen LogP contribution in [0.5, 0.6) is 0 Å². The summed E-state index contributed by atoms with van der Waals surface area (Å²) in [6.07, 6.45) is 0.216. The first-order valence-electron chi connectivity index (χ1n) is 10.5. The number of nitrogens with one attached hydrogen (secondary N) is 1. The molecule has 2 aromatic carbocycles. The number of carbonyl (C=O) groups excluding carboxylic acids is 2. The van der Waals surface area contributed by atoms with E-state index >= 15 is 0 Å². The zero-order valence-corrected chi connectivity index (χ0v) is 19.7. The molecule has 0 radical (unpaired) electrons. The largest absolute Gasteiger partial charge is 0.326 e. The van der Waals surface area contributed by atoms with Gasteiger partial charge in [0.2, 0.25) is 11.1 Å². The number of rotatable bonds is 8. The summed E-state index contributed by atoms with van der Waals surface area (Å²) in [5.41, 5.74) is 2.75. The van der Waals surface area contributed by atoms with Gasteiger partial charge in [0.15, 0.2) is 11.5 Å². The molecule has 2 heterocycles. The van der Waals surface area contributed by atoms with Gasteiger partial charge in [0.25, 0.3) is 5.56 Å². The highest BCUT2D eigenvalue weighted by atomic mass is 32.2. The number of aromatic nitrogens is 6. The van der Waals surface area contributed by atoms with Crippen LogP contribution < -0.4 is 10.9 Å². The number of carbonyl (C=O) groups is 2. The van der Waals surface area contributed by atoms with E-state index in [9.17, 15) is 14.4 Å². The number of tetrazole rings is 1. The first-order valence-corrected chi connectivity index (χ1v) is 11.5. The molecule has 34 heavy (non-hydrogen) atoms. The molecule has 0 aliphatic heterocycles. The number of para-hydroxylation sites is 1. The molecule has 0 fully saturated rings. The van der Waals surface area contributed by atoms with Crippen LogP contribution in [-0.4, -0.2) is 47.0 Å². The van der Waals surface area contributed by atoms with Crippen molar-refractivity contribution >= 4 is 29.1 Å². The molecule has 0 spiro atoms. The lowest BCUT2D eigenvalue weighted by molar-refractivity contribution is -0.115. The molecule has 0 saturated carbocycles. The maximum absolute atomic E-state index is 13.2. The number of amides is 1. The van der Waals surface area contributed by atoms with Gasteiger partial charge in [-0.3, -0.25) is 19.1 Å². The monoisotopic (exact) mass is 477 g/mol. The molecule has 10 nitrogen and oxygen atoms in total. The van der Waals surface area contributed by atoms with E-state index in [1.54, 1.807) is 40.7 Å². The fraction of sp³-hybridized carbons (Fsp3) is 0.217. The van der Waals surface area contributed by atoms with Crippen molar-refractivity contribution in [2.45, 2.75) is 25.4 Å². The van der Waals surface area contributed by atoms with Crippen LogP contribution in [0, 0.1) is 6.92 Å². The molecular weight excluding hydrogens is 454 g/mol. The van der Waals surface area contributed by atoms with E-state index in [1.165, 1.54) is 23.4 Å². The third kappa shape index (κ3) is 4.69. The molecule has 1 amide bonds. The maximum Gasteiger partial charge on any atom is 0.297 e. The van der Waals surface area contributed by atoms with E-state index in [0.717, 1.165) is 5.69 Å². The predicted octanol–water partition coefficient (Wildman–Crippen LogP) is 2.78. The topological polar surface area (TPSA) is 117 Å². The van der Waals surface area contributed by atoms with Gasteiger partial charge in [-0.1, -0.05) is 30.0 Å². The van der Waals surface area contributed by atoms with Crippen LogP contribution in [0.1, 0.15) is 29.4 Å². The fourth-order valence-electron chi connectivity index (χ4n) is 3.45. The van der Waals surface area contributed by atoms with Gasteiger partial charge in [0.05, 0.1) is 11.4 Å². The van der Waals surface area contributed by atoms with Crippen molar-refractivity contribution in [1.82, 2.24) is 29.6 Å². The highest BCUT2D eigenvalue weighted by Gasteiger charge is 2.22. The summed E-state index contributed by atoms with van der Waals surface area (Å²) in [5, 5.41) is 15.0. The minimum atomic E-state index is -0.243. The second-order valence-corrected chi connectivity index (χ2v) is 8.63. The van der Waals surface area contributed by atoms with E-state index in [4.69, 9.17) is 0 Å². The Morgan fingerprint density at radius 3 is 2.44 bits per heavy atom. The number of hydrogen-bond acceptors (Lipinski definition) is 7. The van der Waals surface area contributed by atoms with Gasteiger partial charge in [0.1, 0.15) is 0 Å². The number of Topliss-reactive ketones (excluding diaryl/α,β-unsaturated/α-hetero) is 1. The Balaban J connectivity index is 1.45. The van der Waals surface area contributed by atoms with Gasteiger partial charge in [0, 0.05) is 30.5 Å². The third-order valence-corrected chi connectivity index (χ3v) is 6.23. The van der Waals surface area contributed by atoms with Gasteiger partial charge in [-0.05, 0) is 60.7 Å². The van der Waals surface area contributed by atoms with Crippen molar-refractivity contribution < 1.29 is 9.59 Å². The molecule has 0 bridgehead atoms. The van der Waals surface area contributed by atoms with Crippen molar-refractivity contribution in [2.24, 2.45) is 7.05 Å². The summed E-state index contributed by atoms with van der Waals surface area (Å²) < 4.78 is 4.74. The highest BCUT2D eigenvalue weighted by Crippen LogP contribution is 2.21. The number of benzene rings is 2. The minimum Gasteiger partial charge on any atom is -0.326 e. The van der Waals surface area contributed by atoms with Gasteiger partial charge in [-0.25, -0.2) is 4.68 Å². The van der Waals surface area contributed by atoms with Crippen LogP contribution in [-0.2, 0) is 11.8 Å². The lowest BCUT2D eigenvalue weighted by atomic mass is 10.1. The SMILES string of the molecule is CC(=O)c1ccc(NC(=O)CCSc2nnnn2-c2c(C)n(C)n(-c3ccccc3)c2=O)cc1. The van der Waals surface area contributed by atoms with Crippen molar-refractivity contribution in [3.63, 3.8) is 0 Å². The van der Waals surface area contributed by atoms with Crippen LogP contribution in [0.25, 0.3) is 11.4 Å². The number of thioether (sulfide) groups is 1. The molecule has 174 valence electrons. The molecular formula is C23H23N7O3S. The zero-order valence-electron chi connectivity index (χ0n) is 18.9. The quantitative estimate of drug-likeness (QED) is 0.306. The summed E-state index contributed by atoms with van der Waals surface area (Å²) in [6, 6.07) is 16.1. The number of nitrogens with zero attached hydrogens (tertiary/aromatic N) is 6. The van der Waals surface area contributed by atoms with Crippen LogP contribution in [0.15, 0.2) is 64.5 Å². The minimum absolute atomic E-state index is 0.0313. The summed E-state index contributed by atoms with van der Waals surface area (Å²) in [6.45, 7) is 3.32. The molecule has 2 aromatic heterocycles. The Morgan fingerprint density at radius 2 is 1.76 bits per heavy atom. The van der Waals surface area contributed by atoms with Gasteiger partial charge in [-0.15, -0.1) is 5.10 Å².